The van der Waals surface area contributed by atoms with Crippen LogP contribution in [0.1, 0.15) is 36.5 Å². The van der Waals surface area contributed by atoms with Gasteiger partial charge in [0.05, 0.1) is 17.7 Å². The van der Waals surface area contributed by atoms with Crippen molar-refractivity contribution in [1.29, 1.82) is 0 Å². The number of nitrogens with two attached hydrogens (primary N) is 1. The van der Waals surface area contributed by atoms with Crippen LogP contribution in [0.15, 0.2) is 18.7 Å². The quantitative estimate of drug-likeness (QED) is 0.731. The lowest BCUT2D eigenvalue weighted by molar-refractivity contribution is 0.0932. The molecule has 0 saturated carbocycles. The summed E-state index contributed by atoms with van der Waals surface area (Å²) in [5.41, 5.74) is 7.46. The van der Waals surface area contributed by atoms with Crippen LogP contribution in [-0.2, 0) is 13.0 Å². The van der Waals surface area contributed by atoms with Crippen molar-refractivity contribution in [3.05, 3.63) is 30.1 Å². The number of anilines is 1. The second-order valence-corrected chi connectivity index (χ2v) is 4.85. The first-order chi connectivity index (χ1) is 9.61. The third-order valence-corrected chi connectivity index (χ3v) is 3.02. The summed E-state index contributed by atoms with van der Waals surface area (Å²) in [4.78, 5) is 16.1. The van der Waals surface area contributed by atoms with Gasteiger partial charge in [0.15, 0.2) is 5.69 Å². The van der Waals surface area contributed by atoms with Gasteiger partial charge in [0.1, 0.15) is 0 Å². The molecule has 108 valence electrons. The van der Waals surface area contributed by atoms with Gasteiger partial charge in [-0.15, -0.1) is 0 Å². The number of aromatic amines is 1. The Balaban J connectivity index is 1.97. The van der Waals surface area contributed by atoms with Crippen LogP contribution in [0.25, 0.3) is 0 Å². The highest BCUT2D eigenvalue weighted by atomic mass is 16.2. The Bertz CT molecular complexity index is 559. The molecule has 0 aliphatic rings. The topological polar surface area (TPSA) is 102 Å². The number of aromatic nitrogens is 4. The van der Waals surface area contributed by atoms with Crippen LogP contribution in [0, 0.1) is 0 Å². The van der Waals surface area contributed by atoms with Crippen LogP contribution in [0.4, 0.5) is 5.69 Å². The zero-order valence-electron chi connectivity index (χ0n) is 11.8. The standard InChI is InChI=1S/C13H20N6O/c1-3-4-10-11(14)12(18-17-10)13(20)16-9(2)7-19-6-5-15-8-19/h5-6,8-9H,3-4,7,14H2,1-2H3,(H,16,20)(H,17,18). The van der Waals surface area contributed by atoms with Crippen molar-refractivity contribution in [3.63, 3.8) is 0 Å². The maximum absolute atomic E-state index is 12.1. The molecule has 1 unspecified atom stereocenters. The Morgan fingerprint density at radius 3 is 3.05 bits per heavy atom. The van der Waals surface area contributed by atoms with Gasteiger partial charge in [-0.3, -0.25) is 9.89 Å². The fourth-order valence-electron chi connectivity index (χ4n) is 2.05. The lowest BCUT2D eigenvalue weighted by Crippen LogP contribution is -2.36. The molecule has 2 rings (SSSR count). The molecule has 7 heteroatoms. The number of carbonyl (C=O) groups is 1. The molecule has 0 saturated heterocycles. The molecule has 0 bridgehead atoms. The van der Waals surface area contributed by atoms with E-state index in [2.05, 4.69) is 20.5 Å². The molecule has 2 aromatic rings. The summed E-state index contributed by atoms with van der Waals surface area (Å²) in [6.07, 6.45) is 7.01. The molecule has 0 aliphatic carbocycles. The monoisotopic (exact) mass is 276 g/mol. The van der Waals surface area contributed by atoms with Crippen LogP contribution < -0.4 is 11.1 Å². The van der Waals surface area contributed by atoms with Crippen LogP contribution in [-0.4, -0.2) is 31.7 Å². The minimum Gasteiger partial charge on any atom is -0.395 e. The number of imidazole rings is 1. The molecule has 1 atom stereocenters. The number of nitrogens with zero attached hydrogens (tertiary/aromatic N) is 3. The highest BCUT2D eigenvalue weighted by molar-refractivity contribution is 5.97. The third-order valence-electron chi connectivity index (χ3n) is 3.02. The summed E-state index contributed by atoms with van der Waals surface area (Å²) in [5, 5.41) is 9.71. The average Bonchev–Trinajstić information content (AvgIpc) is 3.01. The number of aryl methyl sites for hydroxylation is 1. The van der Waals surface area contributed by atoms with Gasteiger partial charge in [-0.2, -0.15) is 5.10 Å². The fraction of sp³-hybridized carbons (Fsp3) is 0.462. The number of hydrogen-bond acceptors (Lipinski definition) is 4. The smallest absolute Gasteiger partial charge is 0.274 e. The molecule has 2 heterocycles. The van der Waals surface area contributed by atoms with Crippen molar-refractivity contribution in [1.82, 2.24) is 25.1 Å². The average molecular weight is 276 g/mol. The molecule has 2 aromatic heterocycles. The number of hydrogen-bond donors (Lipinski definition) is 3. The zero-order chi connectivity index (χ0) is 14.5. The van der Waals surface area contributed by atoms with Gasteiger partial charge in [0.2, 0.25) is 0 Å². The third kappa shape index (κ3) is 3.17. The van der Waals surface area contributed by atoms with Crippen molar-refractivity contribution in [2.75, 3.05) is 5.73 Å². The highest BCUT2D eigenvalue weighted by Crippen LogP contribution is 2.15. The second kappa shape index (κ2) is 6.23. The van der Waals surface area contributed by atoms with Crippen molar-refractivity contribution in [2.45, 2.75) is 39.3 Å². The van der Waals surface area contributed by atoms with Gasteiger partial charge in [0.25, 0.3) is 5.91 Å². The summed E-state index contributed by atoms with van der Waals surface area (Å²) < 4.78 is 1.90. The minimum atomic E-state index is -0.256. The number of nitrogens with one attached hydrogen (secondary N) is 2. The van der Waals surface area contributed by atoms with E-state index in [4.69, 9.17) is 5.73 Å². The summed E-state index contributed by atoms with van der Waals surface area (Å²) >= 11 is 0. The predicted molar refractivity (Wildman–Crippen MR) is 76.2 cm³/mol. The Kier molecular flexibility index (Phi) is 4.39. The van der Waals surface area contributed by atoms with E-state index in [0.29, 0.717) is 12.2 Å². The predicted octanol–water partition coefficient (Wildman–Crippen LogP) is 0.959. The zero-order valence-corrected chi connectivity index (χ0v) is 11.8. The molecule has 0 aliphatic heterocycles. The van der Waals surface area contributed by atoms with Gasteiger partial charge >= 0.3 is 0 Å². The molecule has 0 fully saturated rings. The molecular formula is C13H20N6O. The second-order valence-electron chi connectivity index (χ2n) is 4.85. The summed E-state index contributed by atoms with van der Waals surface area (Å²) in [6, 6.07) is -0.0394. The first-order valence-corrected chi connectivity index (χ1v) is 6.71. The molecule has 0 radical (unpaired) electrons. The lowest BCUT2D eigenvalue weighted by Gasteiger charge is -2.13. The first kappa shape index (κ1) is 14.1. The highest BCUT2D eigenvalue weighted by Gasteiger charge is 2.18. The van der Waals surface area contributed by atoms with E-state index >= 15 is 0 Å². The number of nitrogen functional groups attached to an aromatic ring is 1. The summed E-state index contributed by atoms with van der Waals surface area (Å²) in [5.74, 6) is -0.256. The van der Waals surface area contributed by atoms with E-state index in [-0.39, 0.29) is 17.6 Å². The Labute approximate surface area is 117 Å². The normalized spacial score (nSPS) is 12.3. The molecule has 7 nitrogen and oxygen atoms in total. The van der Waals surface area contributed by atoms with Gasteiger partial charge < -0.3 is 15.6 Å². The van der Waals surface area contributed by atoms with Gasteiger partial charge in [0, 0.05) is 25.0 Å². The van der Waals surface area contributed by atoms with Crippen LogP contribution in [0.5, 0.6) is 0 Å². The Hall–Kier alpha value is -2.31. The molecular weight excluding hydrogens is 256 g/mol. The Morgan fingerprint density at radius 1 is 1.60 bits per heavy atom. The number of carbonyl (C=O) groups excluding carboxylic acids is 1. The van der Waals surface area contributed by atoms with Crippen molar-refractivity contribution in [2.24, 2.45) is 0 Å². The van der Waals surface area contributed by atoms with Crippen LogP contribution in [0.3, 0.4) is 0 Å². The molecule has 1 amide bonds. The largest absolute Gasteiger partial charge is 0.395 e. The molecule has 0 spiro atoms. The lowest BCUT2D eigenvalue weighted by atomic mass is 10.2. The van der Waals surface area contributed by atoms with Crippen molar-refractivity contribution < 1.29 is 4.79 Å². The minimum absolute atomic E-state index is 0.0394. The van der Waals surface area contributed by atoms with Gasteiger partial charge in [-0.05, 0) is 13.3 Å². The number of rotatable bonds is 6. The van der Waals surface area contributed by atoms with Crippen molar-refractivity contribution in [3.8, 4) is 0 Å². The van der Waals surface area contributed by atoms with Gasteiger partial charge in [-0.25, -0.2) is 4.98 Å². The first-order valence-electron chi connectivity index (χ1n) is 6.71. The van der Waals surface area contributed by atoms with E-state index in [1.54, 1.807) is 12.5 Å². The van der Waals surface area contributed by atoms with Crippen LogP contribution in [0.2, 0.25) is 0 Å². The number of amides is 1. The Morgan fingerprint density at radius 2 is 2.40 bits per heavy atom. The van der Waals surface area contributed by atoms with E-state index in [0.717, 1.165) is 18.5 Å². The summed E-state index contributed by atoms with van der Waals surface area (Å²) in [7, 11) is 0. The van der Waals surface area contributed by atoms with E-state index in [9.17, 15) is 4.79 Å². The fourth-order valence-corrected chi connectivity index (χ4v) is 2.05. The molecule has 0 aromatic carbocycles. The number of H-pyrrole nitrogens is 1. The van der Waals surface area contributed by atoms with E-state index in [1.165, 1.54) is 0 Å². The van der Waals surface area contributed by atoms with E-state index in [1.807, 2.05) is 24.6 Å². The van der Waals surface area contributed by atoms with Crippen molar-refractivity contribution >= 4 is 11.6 Å². The van der Waals surface area contributed by atoms with Gasteiger partial charge in [-0.1, -0.05) is 13.3 Å². The maximum Gasteiger partial charge on any atom is 0.274 e. The summed E-state index contributed by atoms with van der Waals surface area (Å²) in [6.45, 7) is 4.62. The molecule has 20 heavy (non-hydrogen) atoms. The van der Waals surface area contributed by atoms with Crippen LogP contribution >= 0.6 is 0 Å². The molecule has 4 N–H and O–H groups in total. The maximum atomic E-state index is 12.1. The SMILES string of the molecule is CCCc1[nH]nc(C(=O)NC(C)Cn2ccnc2)c1N. The van der Waals surface area contributed by atoms with E-state index < -0.39 is 0 Å².